The summed E-state index contributed by atoms with van der Waals surface area (Å²) >= 11 is 1.50. The van der Waals surface area contributed by atoms with Gasteiger partial charge in [-0.05, 0) is 12.7 Å². The summed E-state index contributed by atoms with van der Waals surface area (Å²) in [6, 6.07) is -0.649. The van der Waals surface area contributed by atoms with Gasteiger partial charge in [0, 0.05) is 12.8 Å². The molecule has 0 aromatic heterocycles. The van der Waals surface area contributed by atoms with Crippen molar-refractivity contribution in [1.29, 1.82) is 0 Å². The number of hydrogen-bond acceptors (Lipinski definition) is 4. The van der Waals surface area contributed by atoms with Crippen LogP contribution in [0.2, 0.25) is 0 Å². The minimum absolute atomic E-state index is 0.395. The minimum atomic E-state index is -1.12. The van der Waals surface area contributed by atoms with Crippen molar-refractivity contribution >= 4 is 29.6 Å². The molecule has 1 fully saturated rings. The van der Waals surface area contributed by atoms with E-state index >= 15 is 0 Å². The summed E-state index contributed by atoms with van der Waals surface area (Å²) in [4.78, 5) is 35.5. The Balaban J connectivity index is 2.91. The van der Waals surface area contributed by atoms with Crippen molar-refractivity contribution in [3.05, 3.63) is 0 Å². The Morgan fingerprint density at radius 3 is 2.53 bits per heavy atom. The van der Waals surface area contributed by atoms with E-state index in [0.717, 1.165) is 10.7 Å². The molecule has 4 amide bonds. The zero-order valence-electron chi connectivity index (χ0n) is 8.99. The van der Waals surface area contributed by atoms with Crippen molar-refractivity contribution in [2.45, 2.75) is 13.8 Å². The third kappa shape index (κ3) is 1.99. The first-order valence-electron chi connectivity index (χ1n) is 4.64. The number of amides is 4. The fraction of sp³-hybridized carbons (Fsp3) is 0.667. The van der Waals surface area contributed by atoms with Crippen LogP contribution in [-0.2, 0) is 9.59 Å². The van der Waals surface area contributed by atoms with Gasteiger partial charge in [0.2, 0.25) is 11.8 Å². The second-order valence-electron chi connectivity index (χ2n) is 3.59. The second-order valence-corrected chi connectivity index (χ2v) is 4.87. The maximum absolute atomic E-state index is 11.8. The Hall–Kier alpha value is -1.04. The summed E-state index contributed by atoms with van der Waals surface area (Å²) in [7, 11) is 1.37. The molecule has 0 aliphatic carbocycles. The summed E-state index contributed by atoms with van der Waals surface area (Å²) in [5.41, 5.74) is -1.12. The van der Waals surface area contributed by atoms with Gasteiger partial charge in [-0.1, -0.05) is 6.92 Å². The zero-order chi connectivity index (χ0) is 11.6. The van der Waals surface area contributed by atoms with Gasteiger partial charge < -0.3 is 0 Å². The standard InChI is InChI=1S/C9H14N2O3S/c1-4-15-5-9(2)6(12)10-8(14)11(3)7(9)13/h4-5H2,1-3H3,(H,10,12,14). The van der Waals surface area contributed by atoms with Gasteiger partial charge in [-0.2, -0.15) is 11.8 Å². The van der Waals surface area contributed by atoms with E-state index in [0.29, 0.717) is 5.75 Å². The van der Waals surface area contributed by atoms with Gasteiger partial charge in [0.05, 0.1) is 0 Å². The third-order valence-electron chi connectivity index (χ3n) is 2.40. The van der Waals surface area contributed by atoms with Crippen molar-refractivity contribution < 1.29 is 14.4 Å². The maximum Gasteiger partial charge on any atom is 0.330 e. The molecule has 0 spiro atoms. The number of carbonyl (C=O) groups excluding carboxylic acids is 3. The molecular weight excluding hydrogens is 216 g/mol. The van der Waals surface area contributed by atoms with Gasteiger partial charge in [0.1, 0.15) is 5.41 Å². The smallest absolute Gasteiger partial charge is 0.277 e. The monoisotopic (exact) mass is 230 g/mol. The highest BCUT2D eigenvalue weighted by atomic mass is 32.2. The first-order chi connectivity index (χ1) is 6.93. The number of hydrogen-bond donors (Lipinski definition) is 1. The number of barbiturate groups is 1. The van der Waals surface area contributed by atoms with Crippen LogP contribution in [0.4, 0.5) is 4.79 Å². The molecule has 6 heteroatoms. The Bertz CT molecular complexity index is 318. The molecule has 1 aliphatic heterocycles. The Kier molecular flexibility index (Phi) is 3.38. The molecule has 1 rings (SSSR count). The molecule has 0 radical (unpaired) electrons. The van der Waals surface area contributed by atoms with E-state index in [4.69, 9.17) is 0 Å². The van der Waals surface area contributed by atoms with Crippen LogP contribution in [0, 0.1) is 5.41 Å². The van der Waals surface area contributed by atoms with E-state index in [1.54, 1.807) is 6.92 Å². The van der Waals surface area contributed by atoms with E-state index in [-0.39, 0.29) is 0 Å². The molecule has 0 saturated carbocycles. The molecule has 1 N–H and O–H groups in total. The Morgan fingerprint density at radius 2 is 2.00 bits per heavy atom. The molecule has 15 heavy (non-hydrogen) atoms. The van der Waals surface area contributed by atoms with Gasteiger partial charge >= 0.3 is 6.03 Å². The quantitative estimate of drug-likeness (QED) is 0.715. The minimum Gasteiger partial charge on any atom is -0.277 e. The SMILES string of the molecule is CCSCC1(C)C(=O)NC(=O)N(C)C1=O. The van der Waals surface area contributed by atoms with Gasteiger partial charge in [-0.3, -0.25) is 19.8 Å². The number of urea groups is 1. The highest BCUT2D eigenvalue weighted by Gasteiger charge is 2.48. The Morgan fingerprint density at radius 1 is 1.40 bits per heavy atom. The normalized spacial score (nSPS) is 26.9. The number of rotatable bonds is 3. The molecule has 1 aliphatic rings. The van der Waals surface area contributed by atoms with Gasteiger partial charge in [0.25, 0.3) is 0 Å². The van der Waals surface area contributed by atoms with Crippen LogP contribution in [0.1, 0.15) is 13.8 Å². The molecule has 0 bridgehead atoms. The van der Waals surface area contributed by atoms with Crippen molar-refractivity contribution in [3.8, 4) is 0 Å². The lowest BCUT2D eigenvalue weighted by Crippen LogP contribution is -2.62. The summed E-state index contributed by atoms with van der Waals surface area (Å²) < 4.78 is 0. The van der Waals surface area contributed by atoms with Crippen LogP contribution in [-0.4, -0.2) is 41.3 Å². The van der Waals surface area contributed by atoms with E-state index in [1.807, 2.05) is 6.92 Å². The largest absolute Gasteiger partial charge is 0.330 e. The van der Waals surface area contributed by atoms with Crippen LogP contribution >= 0.6 is 11.8 Å². The maximum atomic E-state index is 11.8. The number of thioether (sulfide) groups is 1. The third-order valence-corrected chi connectivity index (χ3v) is 3.59. The van der Waals surface area contributed by atoms with Crippen LogP contribution in [0.3, 0.4) is 0 Å². The van der Waals surface area contributed by atoms with Gasteiger partial charge in [-0.15, -0.1) is 0 Å². The number of carbonyl (C=O) groups is 3. The summed E-state index contributed by atoms with van der Waals surface area (Å²) in [6.45, 7) is 3.52. The predicted molar refractivity (Wildman–Crippen MR) is 57.4 cm³/mol. The first kappa shape index (κ1) is 12.0. The fourth-order valence-electron chi connectivity index (χ4n) is 1.31. The predicted octanol–water partition coefficient (Wildman–Crippen LogP) is 0.454. The number of nitrogens with one attached hydrogen (secondary N) is 1. The molecule has 1 unspecified atom stereocenters. The van der Waals surface area contributed by atoms with Crippen molar-refractivity contribution in [1.82, 2.24) is 10.2 Å². The summed E-state index contributed by atoms with van der Waals surface area (Å²) in [6.07, 6.45) is 0. The molecule has 1 heterocycles. The van der Waals surface area contributed by atoms with Gasteiger partial charge in [0.15, 0.2) is 0 Å². The van der Waals surface area contributed by atoms with E-state index in [9.17, 15) is 14.4 Å². The van der Waals surface area contributed by atoms with E-state index < -0.39 is 23.3 Å². The number of imide groups is 2. The molecule has 0 aromatic carbocycles. The number of nitrogens with zero attached hydrogens (tertiary/aromatic N) is 1. The fourth-order valence-corrected chi connectivity index (χ4v) is 2.18. The van der Waals surface area contributed by atoms with Crippen LogP contribution < -0.4 is 5.32 Å². The molecule has 84 valence electrons. The lowest BCUT2D eigenvalue weighted by atomic mass is 9.89. The summed E-state index contributed by atoms with van der Waals surface area (Å²) in [5.74, 6) is 0.285. The average molecular weight is 230 g/mol. The van der Waals surface area contributed by atoms with Crippen LogP contribution in [0.5, 0.6) is 0 Å². The summed E-state index contributed by atoms with van der Waals surface area (Å²) in [5, 5.41) is 2.17. The Labute approximate surface area is 92.6 Å². The van der Waals surface area contributed by atoms with Crippen LogP contribution in [0.15, 0.2) is 0 Å². The van der Waals surface area contributed by atoms with Crippen LogP contribution in [0.25, 0.3) is 0 Å². The van der Waals surface area contributed by atoms with Crippen molar-refractivity contribution in [3.63, 3.8) is 0 Å². The second kappa shape index (κ2) is 4.22. The molecule has 1 atom stereocenters. The molecular formula is C9H14N2O3S. The zero-order valence-corrected chi connectivity index (χ0v) is 9.81. The van der Waals surface area contributed by atoms with E-state index in [1.165, 1.54) is 18.8 Å². The van der Waals surface area contributed by atoms with E-state index in [2.05, 4.69) is 5.32 Å². The van der Waals surface area contributed by atoms with Gasteiger partial charge in [-0.25, -0.2) is 4.79 Å². The highest BCUT2D eigenvalue weighted by Crippen LogP contribution is 2.27. The molecule has 5 nitrogen and oxygen atoms in total. The lowest BCUT2D eigenvalue weighted by Gasteiger charge is -2.34. The first-order valence-corrected chi connectivity index (χ1v) is 5.80. The van der Waals surface area contributed by atoms with Crippen molar-refractivity contribution in [2.75, 3.05) is 18.6 Å². The molecule has 0 aromatic rings. The molecule has 1 saturated heterocycles. The lowest BCUT2D eigenvalue weighted by molar-refractivity contribution is -0.147. The average Bonchev–Trinajstić information content (AvgIpc) is 2.21. The van der Waals surface area contributed by atoms with Crippen molar-refractivity contribution in [2.24, 2.45) is 5.41 Å². The topological polar surface area (TPSA) is 66.5 Å². The highest BCUT2D eigenvalue weighted by molar-refractivity contribution is 7.99.